The number of benzene rings is 3. The quantitative estimate of drug-likeness (QED) is 0.265. The highest BCUT2D eigenvalue weighted by atomic mass is 19.4. The third-order valence-electron chi connectivity index (χ3n) is 7.79. The number of ether oxygens (including phenoxy) is 3. The molecule has 0 saturated carbocycles. The summed E-state index contributed by atoms with van der Waals surface area (Å²) in [5.74, 6) is -4.93. The van der Waals surface area contributed by atoms with Crippen LogP contribution in [-0.2, 0) is 20.8 Å². The fourth-order valence-electron chi connectivity index (χ4n) is 5.62. The molecule has 1 heterocycles. The van der Waals surface area contributed by atoms with Crippen molar-refractivity contribution < 1.29 is 46.6 Å². The lowest BCUT2D eigenvalue weighted by molar-refractivity contribution is -0.187. The van der Waals surface area contributed by atoms with E-state index in [1.54, 1.807) is 62.4 Å². The van der Waals surface area contributed by atoms with Gasteiger partial charge in [-0.05, 0) is 35.7 Å². The lowest BCUT2D eigenvalue weighted by Gasteiger charge is -2.47. The zero-order valence-electron chi connectivity index (χ0n) is 27.3. The van der Waals surface area contributed by atoms with Gasteiger partial charge in [0.1, 0.15) is 12.1 Å². The number of amides is 3. The van der Waals surface area contributed by atoms with Gasteiger partial charge in [0.2, 0.25) is 11.7 Å². The number of rotatable bonds is 11. The summed E-state index contributed by atoms with van der Waals surface area (Å²) in [6, 6.07) is 15.3. The summed E-state index contributed by atoms with van der Waals surface area (Å²) in [6.07, 6.45) is -4.64. The molecule has 13 heteroatoms. The minimum Gasteiger partial charge on any atom is -0.493 e. The number of ketones is 1. The molecule has 3 aromatic carbocycles. The Bertz CT molecular complexity index is 1670. The van der Waals surface area contributed by atoms with Crippen molar-refractivity contribution in [2.45, 2.75) is 45.5 Å². The minimum atomic E-state index is -5.37. The highest BCUT2D eigenvalue weighted by Crippen LogP contribution is 2.43. The molecule has 1 aliphatic rings. The maximum absolute atomic E-state index is 14.7. The molecule has 0 saturated heterocycles. The summed E-state index contributed by atoms with van der Waals surface area (Å²) in [5, 5.41) is 1.29. The lowest BCUT2D eigenvalue weighted by Crippen LogP contribution is -2.64. The van der Waals surface area contributed by atoms with Crippen molar-refractivity contribution in [2.24, 2.45) is 5.92 Å². The molecule has 0 radical (unpaired) electrons. The smallest absolute Gasteiger partial charge is 0.452 e. The zero-order valence-corrected chi connectivity index (χ0v) is 27.3. The largest absolute Gasteiger partial charge is 0.493 e. The Labute approximate surface area is 276 Å². The second-order valence-electron chi connectivity index (χ2n) is 11.3. The zero-order chi connectivity index (χ0) is 35.3. The number of nitrogens with zero attached hydrogens (tertiary/aromatic N) is 3. The van der Waals surface area contributed by atoms with Crippen molar-refractivity contribution in [3.05, 3.63) is 95.7 Å². The first-order valence-corrected chi connectivity index (χ1v) is 14.9. The van der Waals surface area contributed by atoms with Crippen molar-refractivity contribution >= 4 is 29.2 Å². The molecule has 1 aliphatic heterocycles. The standard InChI is InChI=1S/C35H36F3N3O7/c1-21(2)30-34(45)41(40(22(3)42)26(32(43)35(36,37)38)17-23-13-9-7-10-14-23)27(20-39(30)33(44)24-15-11-8-12-16-24)25-18-28(46-4)31(48-6)29(19-25)47-5/h7-16,18-21,26,30H,17H2,1-6H3. The number of methoxy groups -OCH3 is 3. The molecular formula is C35H36F3N3O7. The van der Waals surface area contributed by atoms with E-state index < -0.39 is 54.1 Å². The van der Waals surface area contributed by atoms with E-state index in [2.05, 4.69) is 0 Å². The predicted molar refractivity (Wildman–Crippen MR) is 170 cm³/mol. The van der Waals surface area contributed by atoms with Gasteiger partial charge in [0.15, 0.2) is 11.5 Å². The van der Waals surface area contributed by atoms with Gasteiger partial charge in [0, 0.05) is 30.7 Å². The molecule has 0 aromatic heterocycles. The number of Topliss-reactive ketones (excluding diaryl/α,β-unsaturated/α-hetero) is 1. The Hall–Kier alpha value is -5.33. The van der Waals surface area contributed by atoms with Crippen molar-refractivity contribution in [1.82, 2.24) is 14.9 Å². The van der Waals surface area contributed by atoms with E-state index in [1.165, 1.54) is 56.7 Å². The molecule has 2 atom stereocenters. The Morgan fingerprint density at radius 2 is 1.42 bits per heavy atom. The van der Waals surface area contributed by atoms with Gasteiger partial charge < -0.3 is 14.2 Å². The molecule has 0 spiro atoms. The van der Waals surface area contributed by atoms with Gasteiger partial charge in [0.25, 0.3) is 17.6 Å². The number of halogens is 3. The second-order valence-corrected chi connectivity index (χ2v) is 11.3. The van der Waals surface area contributed by atoms with Crippen LogP contribution in [0, 0.1) is 5.92 Å². The molecule has 4 rings (SSSR count). The summed E-state index contributed by atoms with van der Waals surface area (Å²) >= 11 is 0. The number of hydrogen-bond acceptors (Lipinski definition) is 7. The number of carbonyl (C=O) groups excluding carboxylic acids is 4. The van der Waals surface area contributed by atoms with Crippen LogP contribution in [0.3, 0.4) is 0 Å². The average molecular weight is 668 g/mol. The van der Waals surface area contributed by atoms with Crippen LogP contribution >= 0.6 is 0 Å². The number of carbonyl (C=O) groups is 4. The molecule has 3 aromatic rings. The van der Waals surface area contributed by atoms with Gasteiger partial charge in [-0.15, -0.1) is 0 Å². The molecule has 254 valence electrons. The summed E-state index contributed by atoms with van der Waals surface area (Å²) in [6.45, 7) is 4.28. The summed E-state index contributed by atoms with van der Waals surface area (Å²) in [4.78, 5) is 56.6. The maximum Gasteiger partial charge on any atom is 0.452 e. The van der Waals surface area contributed by atoms with Crippen LogP contribution < -0.4 is 14.2 Å². The third-order valence-corrected chi connectivity index (χ3v) is 7.79. The third kappa shape index (κ3) is 7.14. The van der Waals surface area contributed by atoms with Gasteiger partial charge >= 0.3 is 6.18 Å². The van der Waals surface area contributed by atoms with E-state index in [-0.39, 0.29) is 34.1 Å². The summed E-state index contributed by atoms with van der Waals surface area (Å²) < 4.78 is 59.1. The molecule has 3 amide bonds. The van der Waals surface area contributed by atoms with Gasteiger partial charge in [-0.25, -0.2) is 10.0 Å². The Balaban J connectivity index is 2.06. The van der Waals surface area contributed by atoms with E-state index >= 15 is 0 Å². The predicted octanol–water partition coefficient (Wildman–Crippen LogP) is 5.53. The Kier molecular flexibility index (Phi) is 10.8. The fourth-order valence-corrected chi connectivity index (χ4v) is 5.62. The van der Waals surface area contributed by atoms with Crippen LogP contribution in [-0.4, -0.2) is 78.0 Å². The molecule has 48 heavy (non-hydrogen) atoms. The van der Waals surface area contributed by atoms with E-state index in [0.717, 1.165) is 11.9 Å². The number of hydrazine groups is 1. The summed E-state index contributed by atoms with van der Waals surface area (Å²) in [5.41, 5.74) is 0.469. The van der Waals surface area contributed by atoms with E-state index in [0.29, 0.717) is 10.6 Å². The highest BCUT2D eigenvalue weighted by molar-refractivity contribution is 6.04. The van der Waals surface area contributed by atoms with Crippen LogP contribution in [0.5, 0.6) is 17.2 Å². The van der Waals surface area contributed by atoms with Crippen molar-refractivity contribution in [2.75, 3.05) is 21.3 Å². The summed E-state index contributed by atoms with van der Waals surface area (Å²) in [7, 11) is 4.07. The van der Waals surface area contributed by atoms with E-state index in [9.17, 15) is 32.3 Å². The van der Waals surface area contributed by atoms with Crippen molar-refractivity contribution in [3.8, 4) is 17.2 Å². The Morgan fingerprint density at radius 1 is 0.875 bits per heavy atom. The normalized spacial score (nSPS) is 15.5. The average Bonchev–Trinajstić information content (AvgIpc) is 3.06. The molecule has 10 nitrogen and oxygen atoms in total. The molecule has 0 N–H and O–H groups in total. The highest BCUT2D eigenvalue weighted by Gasteiger charge is 2.51. The first kappa shape index (κ1) is 35.5. The van der Waals surface area contributed by atoms with Gasteiger partial charge in [-0.2, -0.15) is 13.2 Å². The molecule has 2 unspecified atom stereocenters. The second kappa shape index (κ2) is 14.6. The topological polar surface area (TPSA) is 106 Å². The monoisotopic (exact) mass is 667 g/mol. The minimum absolute atomic E-state index is 0.107. The van der Waals surface area contributed by atoms with Crippen LogP contribution in [0.1, 0.15) is 42.3 Å². The van der Waals surface area contributed by atoms with E-state index in [4.69, 9.17) is 14.2 Å². The van der Waals surface area contributed by atoms with Crippen LogP contribution in [0.15, 0.2) is 79.0 Å². The van der Waals surface area contributed by atoms with Crippen LogP contribution in [0.4, 0.5) is 13.2 Å². The van der Waals surface area contributed by atoms with Gasteiger partial charge in [-0.3, -0.25) is 24.1 Å². The maximum atomic E-state index is 14.7. The number of hydrogen-bond donors (Lipinski definition) is 0. The number of alkyl halides is 3. The van der Waals surface area contributed by atoms with Gasteiger partial charge in [0.05, 0.1) is 27.0 Å². The SMILES string of the molecule is COc1cc(C2=CN(C(=O)c3ccccc3)C(C(C)C)C(=O)N2N(C(C)=O)C(Cc2ccccc2)C(=O)C(F)(F)F)cc(OC)c1OC. The van der Waals surface area contributed by atoms with Gasteiger partial charge in [-0.1, -0.05) is 62.4 Å². The fraction of sp³-hybridized carbons (Fsp3) is 0.314. The van der Waals surface area contributed by atoms with E-state index in [1.807, 2.05) is 0 Å². The van der Waals surface area contributed by atoms with Crippen molar-refractivity contribution in [3.63, 3.8) is 0 Å². The lowest BCUT2D eigenvalue weighted by atomic mass is 9.96. The molecule has 0 fully saturated rings. The van der Waals surface area contributed by atoms with Crippen molar-refractivity contribution in [1.29, 1.82) is 0 Å². The molecular weight excluding hydrogens is 631 g/mol. The first-order valence-electron chi connectivity index (χ1n) is 14.9. The van der Waals surface area contributed by atoms with Crippen LogP contribution in [0.2, 0.25) is 0 Å². The first-order chi connectivity index (χ1) is 22.7. The van der Waals surface area contributed by atoms with Crippen LogP contribution in [0.25, 0.3) is 5.70 Å². The molecule has 0 aliphatic carbocycles. The Morgan fingerprint density at radius 3 is 1.88 bits per heavy atom. The molecule has 0 bridgehead atoms.